The van der Waals surface area contributed by atoms with E-state index in [2.05, 4.69) is 38.3 Å². The lowest BCUT2D eigenvalue weighted by Crippen LogP contribution is -2.40. The van der Waals surface area contributed by atoms with Crippen molar-refractivity contribution in [2.45, 2.75) is 51.2 Å². The fraction of sp³-hybridized carbons (Fsp3) is 0.714. The van der Waals surface area contributed by atoms with Gasteiger partial charge in [0.05, 0.1) is 11.9 Å². The Bertz CT molecular complexity index is 508. The van der Waals surface area contributed by atoms with Crippen molar-refractivity contribution in [1.82, 2.24) is 15.1 Å². The van der Waals surface area contributed by atoms with Crippen molar-refractivity contribution in [3.05, 3.63) is 21.0 Å². The van der Waals surface area contributed by atoms with Crippen LogP contribution in [0.1, 0.15) is 32.6 Å². The zero-order chi connectivity index (χ0) is 14.7. The Labute approximate surface area is 128 Å². The van der Waals surface area contributed by atoms with Gasteiger partial charge in [0.25, 0.3) is 5.56 Å². The van der Waals surface area contributed by atoms with Gasteiger partial charge in [0.1, 0.15) is 4.47 Å². The summed E-state index contributed by atoms with van der Waals surface area (Å²) < 4.78 is 2.09. The zero-order valence-electron chi connectivity index (χ0n) is 12.4. The van der Waals surface area contributed by atoms with Crippen LogP contribution in [0.15, 0.2) is 15.5 Å². The van der Waals surface area contributed by atoms with Gasteiger partial charge in [-0.1, -0.05) is 0 Å². The molecule has 1 aromatic heterocycles. The lowest BCUT2D eigenvalue weighted by Gasteiger charge is -2.36. The second-order valence-corrected chi connectivity index (χ2v) is 6.16. The van der Waals surface area contributed by atoms with E-state index in [1.54, 1.807) is 6.20 Å². The minimum Gasteiger partial charge on any atom is -0.369 e. The zero-order valence-corrected chi connectivity index (χ0v) is 14.0. The fourth-order valence-corrected chi connectivity index (χ4v) is 3.46. The topological polar surface area (TPSA) is 50.2 Å². The number of aromatic nitrogens is 2. The number of anilines is 1. The molecule has 112 valence electrons. The molecule has 1 heterocycles. The Morgan fingerprint density at radius 3 is 2.65 bits per heavy atom. The average molecular weight is 343 g/mol. The predicted molar refractivity (Wildman–Crippen MR) is 85.4 cm³/mol. The van der Waals surface area contributed by atoms with Gasteiger partial charge in [-0.3, -0.25) is 4.79 Å². The highest BCUT2D eigenvalue weighted by atomic mass is 79.9. The number of hydrogen-bond donors (Lipinski definition) is 1. The molecule has 1 N–H and O–H groups in total. The first-order valence-corrected chi connectivity index (χ1v) is 8.03. The summed E-state index contributed by atoms with van der Waals surface area (Å²) in [4.78, 5) is 14.3. The van der Waals surface area contributed by atoms with E-state index in [4.69, 9.17) is 0 Å². The number of aryl methyl sites for hydroxylation is 1. The van der Waals surface area contributed by atoms with E-state index in [-0.39, 0.29) is 5.56 Å². The summed E-state index contributed by atoms with van der Waals surface area (Å²) in [6.45, 7) is 2.51. The van der Waals surface area contributed by atoms with Crippen LogP contribution >= 0.6 is 15.9 Å². The third kappa shape index (κ3) is 3.06. The summed E-state index contributed by atoms with van der Waals surface area (Å²) in [7, 11) is 4.08. The van der Waals surface area contributed by atoms with Crippen molar-refractivity contribution in [2.75, 3.05) is 19.0 Å². The van der Waals surface area contributed by atoms with E-state index in [1.165, 1.54) is 17.5 Å². The van der Waals surface area contributed by atoms with Crippen LogP contribution in [-0.4, -0.2) is 36.0 Å². The molecule has 0 saturated heterocycles. The Balaban J connectivity index is 2.16. The molecule has 6 heteroatoms. The third-order valence-electron chi connectivity index (χ3n) is 4.30. The summed E-state index contributed by atoms with van der Waals surface area (Å²) in [5.41, 5.74) is 0.841. The van der Waals surface area contributed by atoms with Gasteiger partial charge in [-0.2, -0.15) is 5.10 Å². The van der Waals surface area contributed by atoms with Gasteiger partial charge in [0.2, 0.25) is 0 Å². The van der Waals surface area contributed by atoms with E-state index in [9.17, 15) is 4.79 Å². The van der Waals surface area contributed by atoms with Gasteiger partial charge in [-0.15, -0.1) is 0 Å². The van der Waals surface area contributed by atoms with Gasteiger partial charge < -0.3 is 10.2 Å². The highest BCUT2D eigenvalue weighted by Crippen LogP contribution is 2.29. The minimum atomic E-state index is -0.0549. The normalized spacial score (nSPS) is 22.8. The Morgan fingerprint density at radius 1 is 1.45 bits per heavy atom. The number of hydrogen-bond acceptors (Lipinski definition) is 4. The maximum Gasteiger partial charge on any atom is 0.283 e. The monoisotopic (exact) mass is 342 g/mol. The lowest BCUT2D eigenvalue weighted by atomic mass is 9.90. The van der Waals surface area contributed by atoms with E-state index >= 15 is 0 Å². The quantitative estimate of drug-likeness (QED) is 0.909. The molecule has 0 radical (unpaired) electrons. The molecule has 0 spiro atoms. The molecule has 1 aromatic rings. The molecule has 2 rings (SSSR count). The molecule has 0 atom stereocenters. The van der Waals surface area contributed by atoms with Crippen molar-refractivity contribution in [3.8, 4) is 0 Å². The van der Waals surface area contributed by atoms with Crippen molar-refractivity contribution in [3.63, 3.8) is 0 Å². The van der Waals surface area contributed by atoms with Crippen LogP contribution < -0.4 is 15.8 Å². The van der Waals surface area contributed by atoms with Crippen LogP contribution in [0.2, 0.25) is 0 Å². The molecule has 1 saturated carbocycles. The Morgan fingerprint density at radius 2 is 2.10 bits per heavy atom. The van der Waals surface area contributed by atoms with Crippen LogP contribution in [0.3, 0.4) is 0 Å². The summed E-state index contributed by atoms with van der Waals surface area (Å²) >= 11 is 3.44. The molecule has 0 amide bonds. The van der Waals surface area contributed by atoms with Crippen LogP contribution in [-0.2, 0) is 6.54 Å². The van der Waals surface area contributed by atoms with Crippen LogP contribution in [0.5, 0.6) is 0 Å². The first-order valence-electron chi connectivity index (χ1n) is 7.24. The maximum atomic E-state index is 12.1. The first-order chi connectivity index (χ1) is 9.58. The molecule has 0 aliphatic heterocycles. The molecule has 1 aliphatic carbocycles. The van der Waals surface area contributed by atoms with E-state index in [1.807, 2.05) is 14.0 Å². The molecule has 0 aromatic carbocycles. The van der Waals surface area contributed by atoms with Crippen LogP contribution in [0.4, 0.5) is 5.69 Å². The Hall–Kier alpha value is -0.880. The molecular formula is C14H23BrN4O. The Kier molecular flexibility index (Phi) is 5.21. The molecule has 0 bridgehead atoms. The summed E-state index contributed by atoms with van der Waals surface area (Å²) in [5, 5.41) is 7.57. The molecular weight excluding hydrogens is 320 g/mol. The second kappa shape index (κ2) is 6.72. The molecule has 1 aliphatic rings. The van der Waals surface area contributed by atoms with Crippen molar-refractivity contribution in [1.29, 1.82) is 0 Å². The van der Waals surface area contributed by atoms with Crippen molar-refractivity contribution >= 4 is 21.6 Å². The predicted octanol–water partition coefficient (Wildman–Crippen LogP) is 1.99. The van der Waals surface area contributed by atoms with Crippen molar-refractivity contribution < 1.29 is 0 Å². The van der Waals surface area contributed by atoms with Crippen LogP contribution in [0, 0.1) is 0 Å². The van der Waals surface area contributed by atoms with E-state index < -0.39 is 0 Å². The highest BCUT2D eigenvalue weighted by molar-refractivity contribution is 9.10. The molecule has 1 fully saturated rings. The highest BCUT2D eigenvalue weighted by Gasteiger charge is 2.25. The summed E-state index contributed by atoms with van der Waals surface area (Å²) in [5.74, 6) is 0. The number of halogens is 1. The van der Waals surface area contributed by atoms with Gasteiger partial charge >= 0.3 is 0 Å². The number of nitrogens with zero attached hydrogens (tertiary/aromatic N) is 3. The number of nitrogens with one attached hydrogen (secondary N) is 1. The summed E-state index contributed by atoms with van der Waals surface area (Å²) in [6, 6.07) is 1.11. The van der Waals surface area contributed by atoms with Gasteiger partial charge in [-0.25, -0.2) is 4.68 Å². The average Bonchev–Trinajstić information content (AvgIpc) is 2.49. The lowest BCUT2D eigenvalue weighted by molar-refractivity contribution is 0.351. The largest absolute Gasteiger partial charge is 0.369 e. The fourth-order valence-electron chi connectivity index (χ4n) is 2.88. The third-order valence-corrected chi connectivity index (χ3v) is 5.04. The SMILES string of the molecule is CCn1ncc(N(C)C2CCC(NC)CC2)c(Br)c1=O. The van der Waals surface area contributed by atoms with Gasteiger partial charge in [-0.05, 0) is 55.6 Å². The van der Waals surface area contributed by atoms with E-state index in [0.717, 1.165) is 18.5 Å². The molecule has 0 unspecified atom stereocenters. The van der Waals surface area contributed by atoms with Crippen molar-refractivity contribution in [2.24, 2.45) is 0 Å². The first kappa shape index (κ1) is 15.5. The van der Waals surface area contributed by atoms with E-state index in [0.29, 0.717) is 23.1 Å². The maximum absolute atomic E-state index is 12.1. The molecule has 20 heavy (non-hydrogen) atoms. The summed E-state index contributed by atoms with van der Waals surface area (Å²) in [6.07, 6.45) is 6.45. The van der Waals surface area contributed by atoms with Gasteiger partial charge in [0, 0.05) is 25.7 Å². The van der Waals surface area contributed by atoms with Gasteiger partial charge in [0.15, 0.2) is 0 Å². The van der Waals surface area contributed by atoms with Crippen LogP contribution in [0.25, 0.3) is 0 Å². The second-order valence-electron chi connectivity index (χ2n) is 5.37. The standard InChI is InChI=1S/C14H23BrN4O/c1-4-19-14(20)13(15)12(9-17-19)18(3)11-7-5-10(16-2)6-8-11/h9-11,16H,4-8H2,1-3H3. The molecule has 5 nitrogen and oxygen atoms in total. The smallest absolute Gasteiger partial charge is 0.283 e. The minimum absolute atomic E-state index is 0.0549. The number of rotatable bonds is 4.